The topological polar surface area (TPSA) is 67.4 Å². The number of halogens is 4. The Morgan fingerprint density at radius 3 is 2.18 bits per heavy atom. The highest BCUT2D eigenvalue weighted by Crippen LogP contribution is 2.32. The minimum Gasteiger partial charge on any atom is -0.457 e. The summed E-state index contributed by atoms with van der Waals surface area (Å²) in [6.45, 7) is 0.406. The van der Waals surface area contributed by atoms with Crippen LogP contribution in [0.1, 0.15) is 17.2 Å². The van der Waals surface area contributed by atoms with Crippen molar-refractivity contribution in [2.75, 3.05) is 30.4 Å². The summed E-state index contributed by atoms with van der Waals surface area (Å²) in [4.78, 5) is 0. The summed E-state index contributed by atoms with van der Waals surface area (Å²) in [5, 5.41) is 6.82. The third-order valence-electron chi connectivity index (χ3n) is 4.86. The van der Waals surface area contributed by atoms with Crippen LogP contribution in [-0.4, -0.2) is 33.5 Å². The minimum absolute atomic E-state index is 0.0704. The fourth-order valence-corrected chi connectivity index (χ4v) is 3.79. The summed E-state index contributed by atoms with van der Waals surface area (Å²) < 4.78 is 68.2. The average Bonchev–Trinajstić information content (AvgIpc) is 2.77. The van der Waals surface area contributed by atoms with Crippen molar-refractivity contribution in [3.8, 4) is 11.5 Å². The number of hydrogen-bond donors (Lipinski definition) is 2. The molecule has 0 aromatic heterocycles. The lowest BCUT2D eigenvalue weighted by Crippen LogP contribution is -2.30. The SMILES string of the molecule is CS(=O)(=O)CCNC[C@@H](Nc1ccc(Oc2ccc(Cl)cc2)cc1)c1cccc(C(F)(F)F)c1. The van der Waals surface area contributed by atoms with Gasteiger partial charge in [0.15, 0.2) is 0 Å². The van der Waals surface area contributed by atoms with Crippen LogP contribution in [0.3, 0.4) is 0 Å². The second kappa shape index (κ2) is 11.1. The summed E-state index contributed by atoms with van der Waals surface area (Å²) in [5.74, 6) is 1.12. The van der Waals surface area contributed by atoms with Crippen molar-refractivity contribution in [2.24, 2.45) is 0 Å². The van der Waals surface area contributed by atoms with Gasteiger partial charge in [0.1, 0.15) is 21.3 Å². The zero-order chi connectivity index (χ0) is 24.8. The first kappa shape index (κ1) is 25.9. The van der Waals surface area contributed by atoms with Gasteiger partial charge in [0.2, 0.25) is 0 Å². The fraction of sp³-hybridized carbons (Fsp3) is 0.250. The van der Waals surface area contributed by atoms with Crippen LogP contribution in [0, 0.1) is 0 Å². The number of alkyl halides is 3. The molecule has 3 rings (SSSR count). The second-order valence-electron chi connectivity index (χ2n) is 7.73. The second-order valence-corrected chi connectivity index (χ2v) is 10.4. The van der Waals surface area contributed by atoms with E-state index in [1.807, 2.05) is 0 Å². The Hall–Kier alpha value is -2.75. The van der Waals surface area contributed by atoms with Gasteiger partial charge in [-0.05, 0) is 66.2 Å². The van der Waals surface area contributed by atoms with E-state index in [1.54, 1.807) is 54.6 Å². The van der Waals surface area contributed by atoms with Crippen molar-refractivity contribution < 1.29 is 26.3 Å². The molecule has 34 heavy (non-hydrogen) atoms. The molecular formula is C24H24ClF3N2O3S. The molecular weight excluding hydrogens is 489 g/mol. The van der Waals surface area contributed by atoms with Gasteiger partial charge in [0.05, 0.1) is 17.4 Å². The van der Waals surface area contributed by atoms with Crippen LogP contribution in [-0.2, 0) is 16.0 Å². The average molecular weight is 513 g/mol. The molecule has 3 aromatic carbocycles. The number of anilines is 1. The van der Waals surface area contributed by atoms with Crippen molar-refractivity contribution in [1.29, 1.82) is 0 Å². The Labute approximate surface area is 201 Å². The maximum atomic E-state index is 13.2. The molecule has 2 N–H and O–H groups in total. The lowest BCUT2D eigenvalue weighted by molar-refractivity contribution is -0.137. The van der Waals surface area contributed by atoms with E-state index in [4.69, 9.17) is 16.3 Å². The Balaban J connectivity index is 1.74. The molecule has 0 saturated heterocycles. The molecule has 182 valence electrons. The lowest BCUT2D eigenvalue weighted by atomic mass is 10.0. The molecule has 10 heteroatoms. The Kier molecular flexibility index (Phi) is 8.46. The van der Waals surface area contributed by atoms with E-state index in [-0.39, 0.29) is 18.8 Å². The first-order valence-corrected chi connectivity index (χ1v) is 12.8. The van der Waals surface area contributed by atoms with E-state index in [2.05, 4.69) is 10.6 Å². The molecule has 0 aliphatic rings. The third-order valence-corrected chi connectivity index (χ3v) is 6.06. The van der Waals surface area contributed by atoms with Gasteiger partial charge in [-0.15, -0.1) is 0 Å². The first-order chi connectivity index (χ1) is 16.0. The Bertz CT molecular complexity index is 1190. The maximum absolute atomic E-state index is 13.2. The van der Waals surface area contributed by atoms with Crippen LogP contribution in [0.15, 0.2) is 72.8 Å². The molecule has 0 heterocycles. The molecule has 0 radical (unpaired) electrons. The summed E-state index contributed by atoms with van der Waals surface area (Å²) in [5.41, 5.74) is 0.332. The van der Waals surface area contributed by atoms with Gasteiger partial charge in [-0.3, -0.25) is 0 Å². The molecule has 0 aliphatic heterocycles. The zero-order valence-electron chi connectivity index (χ0n) is 18.3. The maximum Gasteiger partial charge on any atom is 0.416 e. The van der Waals surface area contributed by atoms with Gasteiger partial charge in [-0.25, -0.2) is 8.42 Å². The van der Waals surface area contributed by atoms with Crippen LogP contribution < -0.4 is 15.4 Å². The monoisotopic (exact) mass is 512 g/mol. The standard InChI is InChI=1S/C24H24ClF3N2O3S/c1-34(31,32)14-13-29-16-23(17-3-2-4-18(15-17)24(26,27)28)30-20-7-11-22(12-8-20)33-21-9-5-19(25)6-10-21/h2-12,15,23,29-30H,13-14,16H2,1H3/t23-/m1/s1. The number of rotatable bonds is 10. The summed E-state index contributed by atoms with van der Waals surface area (Å²) in [6, 6.07) is 18.4. The molecule has 0 fully saturated rings. The first-order valence-electron chi connectivity index (χ1n) is 10.4. The summed E-state index contributed by atoms with van der Waals surface area (Å²) in [6.07, 6.45) is -3.34. The number of ether oxygens (including phenoxy) is 1. The van der Waals surface area contributed by atoms with E-state index >= 15 is 0 Å². The zero-order valence-corrected chi connectivity index (χ0v) is 19.8. The van der Waals surface area contributed by atoms with E-state index in [9.17, 15) is 21.6 Å². The predicted molar refractivity (Wildman–Crippen MR) is 128 cm³/mol. The molecule has 1 atom stereocenters. The van der Waals surface area contributed by atoms with Gasteiger partial charge >= 0.3 is 6.18 Å². The van der Waals surface area contributed by atoms with Crippen molar-refractivity contribution in [1.82, 2.24) is 5.32 Å². The smallest absolute Gasteiger partial charge is 0.416 e. The molecule has 0 spiro atoms. The molecule has 3 aromatic rings. The van der Waals surface area contributed by atoms with Gasteiger partial charge in [-0.2, -0.15) is 13.2 Å². The largest absolute Gasteiger partial charge is 0.457 e. The van der Waals surface area contributed by atoms with E-state index < -0.39 is 27.6 Å². The quantitative estimate of drug-likeness (QED) is 0.329. The van der Waals surface area contributed by atoms with Gasteiger partial charge < -0.3 is 15.4 Å². The molecule has 0 saturated carbocycles. The van der Waals surface area contributed by atoms with Crippen molar-refractivity contribution >= 4 is 27.1 Å². The minimum atomic E-state index is -4.47. The highest BCUT2D eigenvalue weighted by Gasteiger charge is 2.31. The van der Waals surface area contributed by atoms with Crippen LogP contribution in [0.25, 0.3) is 0 Å². The molecule has 5 nitrogen and oxygen atoms in total. The van der Waals surface area contributed by atoms with Crippen molar-refractivity contribution in [3.05, 3.63) is 88.9 Å². The highest BCUT2D eigenvalue weighted by atomic mass is 35.5. The van der Waals surface area contributed by atoms with Crippen LogP contribution >= 0.6 is 11.6 Å². The van der Waals surface area contributed by atoms with E-state index in [0.717, 1.165) is 18.4 Å². The Morgan fingerprint density at radius 2 is 1.59 bits per heavy atom. The molecule has 0 bridgehead atoms. The summed E-state index contributed by atoms with van der Waals surface area (Å²) >= 11 is 5.88. The van der Waals surface area contributed by atoms with Crippen LogP contribution in [0.5, 0.6) is 11.5 Å². The van der Waals surface area contributed by atoms with Crippen LogP contribution in [0.2, 0.25) is 5.02 Å². The molecule has 0 amide bonds. The normalized spacial score (nSPS) is 12.9. The number of nitrogens with one attached hydrogen (secondary N) is 2. The van der Waals surface area contributed by atoms with E-state index in [1.165, 1.54) is 6.07 Å². The number of sulfone groups is 1. The lowest BCUT2D eigenvalue weighted by Gasteiger charge is -2.22. The Morgan fingerprint density at radius 1 is 0.971 bits per heavy atom. The highest BCUT2D eigenvalue weighted by molar-refractivity contribution is 7.90. The molecule has 0 aliphatic carbocycles. The van der Waals surface area contributed by atoms with Gasteiger partial charge in [-0.1, -0.05) is 23.7 Å². The van der Waals surface area contributed by atoms with Gasteiger partial charge in [0, 0.05) is 30.1 Å². The van der Waals surface area contributed by atoms with E-state index in [0.29, 0.717) is 27.8 Å². The third kappa shape index (κ3) is 8.23. The predicted octanol–water partition coefficient (Wildman–Crippen LogP) is 5.94. The van der Waals surface area contributed by atoms with Crippen LogP contribution in [0.4, 0.5) is 18.9 Å². The number of hydrogen-bond acceptors (Lipinski definition) is 5. The summed E-state index contributed by atoms with van der Waals surface area (Å²) in [7, 11) is -3.16. The number of benzene rings is 3. The van der Waals surface area contributed by atoms with Crippen molar-refractivity contribution in [3.63, 3.8) is 0 Å². The van der Waals surface area contributed by atoms with Crippen molar-refractivity contribution in [2.45, 2.75) is 12.2 Å². The van der Waals surface area contributed by atoms with Gasteiger partial charge in [0.25, 0.3) is 0 Å². The fourth-order valence-electron chi connectivity index (χ4n) is 3.15. The molecule has 0 unspecified atom stereocenters.